The lowest BCUT2D eigenvalue weighted by Gasteiger charge is -2.30. The topological polar surface area (TPSA) is 26.0 Å². The van der Waals surface area contributed by atoms with Crippen LogP contribution in [-0.4, -0.2) is 6.54 Å². The van der Waals surface area contributed by atoms with Crippen LogP contribution in [0.25, 0.3) is 0 Å². The van der Waals surface area contributed by atoms with Crippen LogP contribution in [0.5, 0.6) is 0 Å². The van der Waals surface area contributed by atoms with Crippen LogP contribution in [0.1, 0.15) is 36.8 Å². The van der Waals surface area contributed by atoms with Gasteiger partial charge in [0.2, 0.25) is 0 Å². The van der Waals surface area contributed by atoms with E-state index in [9.17, 15) is 4.39 Å². The second-order valence-electron chi connectivity index (χ2n) is 4.74. The minimum absolute atomic E-state index is 0.0940. The summed E-state index contributed by atoms with van der Waals surface area (Å²) in [6, 6.07) is 3.23. The van der Waals surface area contributed by atoms with Crippen molar-refractivity contribution in [2.45, 2.75) is 38.0 Å². The lowest BCUT2D eigenvalue weighted by atomic mass is 9.77. The lowest BCUT2D eigenvalue weighted by molar-refractivity contribution is 0.447. The highest BCUT2D eigenvalue weighted by Crippen LogP contribution is 2.45. The molecule has 0 atom stereocenters. The number of rotatable bonds is 2. The molecule has 0 aromatic heterocycles. The molecule has 0 saturated heterocycles. The summed E-state index contributed by atoms with van der Waals surface area (Å²) in [5.74, 6) is -0.331. The molecule has 0 spiro atoms. The third-order valence-corrected chi connectivity index (χ3v) is 4.15. The second kappa shape index (κ2) is 4.34. The Labute approximate surface area is 101 Å². The predicted octanol–water partition coefficient (Wildman–Crippen LogP) is 3.56. The van der Waals surface area contributed by atoms with Crippen molar-refractivity contribution in [2.24, 2.45) is 5.73 Å². The number of aryl methyl sites for hydroxylation is 1. The molecule has 1 aromatic carbocycles. The van der Waals surface area contributed by atoms with Crippen molar-refractivity contribution < 1.29 is 4.39 Å². The summed E-state index contributed by atoms with van der Waals surface area (Å²) in [6.45, 7) is 2.54. The molecule has 88 valence electrons. The molecule has 2 N–H and O–H groups in total. The van der Waals surface area contributed by atoms with Crippen LogP contribution >= 0.6 is 11.6 Å². The highest BCUT2D eigenvalue weighted by atomic mass is 35.5. The molecular formula is C13H17ClFN. The third kappa shape index (κ3) is 1.74. The van der Waals surface area contributed by atoms with Crippen molar-refractivity contribution >= 4 is 11.6 Å². The zero-order chi connectivity index (χ0) is 11.8. The predicted molar refractivity (Wildman–Crippen MR) is 65.3 cm³/mol. The SMILES string of the molecule is Cc1ccc(F)c(Cl)c1C1(CN)CCCC1. The van der Waals surface area contributed by atoms with Crippen molar-refractivity contribution in [2.75, 3.05) is 6.54 Å². The maximum atomic E-state index is 13.5. The van der Waals surface area contributed by atoms with Gasteiger partial charge in [-0.2, -0.15) is 0 Å². The summed E-state index contributed by atoms with van der Waals surface area (Å²) in [5.41, 5.74) is 7.81. The van der Waals surface area contributed by atoms with Gasteiger partial charge in [0.1, 0.15) is 5.82 Å². The largest absolute Gasteiger partial charge is 0.330 e. The number of nitrogens with two attached hydrogens (primary N) is 1. The van der Waals surface area contributed by atoms with Gasteiger partial charge in [0, 0.05) is 12.0 Å². The van der Waals surface area contributed by atoms with Crippen molar-refractivity contribution in [3.05, 3.63) is 34.1 Å². The van der Waals surface area contributed by atoms with Crippen LogP contribution in [-0.2, 0) is 5.41 Å². The fourth-order valence-corrected chi connectivity index (χ4v) is 3.32. The molecule has 1 aromatic rings. The van der Waals surface area contributed by atoms with Crippen LogP contribution in [0.15, 0.2) is 12.1 Å². The lowest BCUT2D eigenvalue weighted by Crippen LogP contribution is -2.33. The van der Waals surface area contributed by atoms with Gasteiger partial charge in [0.05, 0.1) is 5.02 Å². The van der Waals surface area contributed by atoms with E-state index in [4.69, 9.17) is 17.3 Å². The second-order valence-corrected chi connectivity index (χ2v) is 5.12. The van der Waals surface area contributed by atoms with Crippen molar-refractivity contribution in [1.29, 1.82) is 0 Å². The van der Waals surface area contributed by atoms with Gasteiger partial charge in [-0.15, -0.1) is 0 Å². The van der Waals surface area contributed by atoms with Gasteiger partial charge in [0.15, 0.2) is 0 Å². The van der Waals surface area contributed by atoms with E-state index in [0.29, 0.717) is 6.54 Å². The van der Waals surface area contributed by atoms with Gasteiger partial charge in [-0.25, -0.2) is 4.39 Å². The van der Waals surface area contributed by atoms with Crippen LogP contribution in [0.4, 0.5) is 4.39 Å². The Bertz CT molecular complexity index is 397. The number of benzene rings is 1. The zero-order valence-electron chi connectivity index (χ0n) is 9.52. The molecule has 1 saturated carbocycles. The molecule has 1 aliphatic carbocycles. The molecule has 1 nitrogen and oxygen atoms in total. The van der Waals surface area contributed by atoms with E-state index in [1.165, 1.54) is 6.07 Å². The highest BCUT2D eigenvalue weighted by Gasteiger charge is 2.37. The summed E-state index contributed by atoms with van der Waals surface area (Å²) in [4.78, 5) is 0. The first-order chi connectivity index (χ1) is 7.60. The average Bonchev–Trinajstić information content (AvgIpc) is 2.74. The zero-order valence-corrected chi connectivity index (χ0v) is 10.3. The maximum Gasteiger partial charge on any atom is 0.142 e. The van der Waals surface area contributed by atoms with Gasteiger partial charge in [0.25, 0.3) is 0 Å². The van der Waals surface area contributed by atoms with Crippen LogP contribution in [0.2, 0.25) is 5.02 Å². The van der Waals surface area contributed by atoms with E-state index in [1.807, 2.05) is 6.92 Å². The molecule has 16 heavy (non-hydrogen) atoms. The smallest absolute Gasteiger partial charge is 0.142 e. The molecule has 0 radical (unpaired) electrons. The molecule has 1 fully saturated rings. The normalized spacial score (nSPS) is 19.0. The summed E-state index contributed by atoms with van der Waals surface area (Å²) >= 11 is 6.12. The maximum absolute atomic E-state index is 13.5. The van der Waals surface area contributed by atoms with E-state index in [2.05, 4.69) is 0 Å². The molecule has 1 aliphatic rings. The van der Waals surface area contributed by atoms with Gasteiger partial charge < -0.3 is 5.73 Å². The fourth-order valence-electron chi connectivity index (χ4n) is 2.91. The molecule has 0 amide bonds. The van der Waals surface area contributed by atoms with E-state index in [0.717, 1.165) is 36.8 Å². The van der Waals surface area contributed by atoms with E-state index < -0.39 is 0 Å². The average molecular weight is 242 g/mol. The molecule has 2 rings (SSSR count). The van der Waals surface area contributed by atoms with Gasteiger partial charge in [-0.1, -0.05) is 30.5 Å². The minimum Gasteiger partial charge on any atom is -0.330 e. The Morgan fingerprint density at radius 1 is 1.38 bits per heavy atom. The van der Waals surface area contributed by atoms with E-state index in [-0.39, 0.29) is 16.3 Å². The molecular weight excluding hydrogens is 225 g/mol. The van der Waals surface area contributed by atoms with Crippen LogP contribution in [0.3, 0.4) is 0 Å². The molecule has 0 bridgehead atoms. The summed E-state index contributed by atoms with van der Waals surface area (Å²) in [5, 5.41) is 0.271. The highest BCUT2D eigenvalue weighted by molar-refractivity contribution is 6.31. The summed E-state index contributed by atoms with van der Waals surface area (Å²) in [7, 11) is 0. The summed E-state index contributed by atoms with van der Waals surface area (Å²) < 4.78 is 13.5. The summed E-state index contributed by atoms with van der Waals surface area (Å²) in [6.07, 6.45) is 4.36. The Morgan fingerprint density at radius 2 is 2.00 bits per heavy atom. The Hall–Kier alpha value is -0.600. The molecule has 3 heteroatoms. The monoisotopic (exact) mass is 241 g/mol. The standard InChI is InChI=1S/C13H17ClFN/c1-9-4-5-10(15)12(14)11(9)13(8-16)6-2-3-7-13/h4-5H,2-3,6-8,16H2,1H3. The number of hydrogen-bond donors (Lipinski definition) is 1. The van der Waals surface area contributed by atoms with Crippen LogP contribution in [0, 0.1) is 12.7 Å². The molecule has 0 heterocycles. The van der Waals surface area contributed by atoms with E-state index in [1.54, 1.807) is 6.07 Å². The third-order valence-electron chi connectivity index (χ3n) is 3.78. The molecule has 0 aliphatic heterocycles. The first-order valence-electron chi connectivity index (χ1n) is 5.76. The number of halogens is 2. The van der Waals surface area contributed by atoms with Crippen molar-refractivity contribution in [3.8, 4) is 0 Å². The van der Waals surface area contributed by atoms with Gasteiger partial charge >= 0.3 is 0 Å². The quantitative estimate of drug-likeness (QED) is 0.842. The van der Waals surface area contributed by atoms with Crippen molar-refractivity contribution in [3.63, 3.8) is 0 Å². The molecule has 0 unspecified atom stereocenters. The Kier molecular flexibility index (Phi) is 3.22. The van der Waals surface area contributed by atoms with Crippen LogP contribution < -0.4 is 5.73 Å². The first kappa shape index (κ1) is 11.9. The first-order valence-corrected chi connectivity index (χ1v) is 6.14. The van der Waals surface area contributed by atoms with Gasteiger partial charge in [-0.3, -0.25) is 0 Å². The van der Waals surface area contributed by atoms with E-state index >= 15 is 0 Å². The Morgan fingerprint density at radius 3 is 2.56 bits per heavy atom. The van der Waals surface area contributed by atoms with Crippen molar-refractivity contribution in [1.82, 2.24) is 0 Å². The Balaban J connectivity index is 2.57. The fraction of sp³-hybridized carbons (Fsp3) is 0.538. The number of hydrogen-bond acceptors (Lipinski definition) is 1. The minimum atomic E-state index is -0.331. The van der Waals surface area contributed by atoms with Gasteiger partial charge in [-0.05, 0) is 37.0 Å².